The molecule has 9 heavy (non-hydrogen) atoms. The number of unbranched alkanes of at least 4 members (excludes halogenated alkanes) is 1. The molecule has 0 aromatic rings. The van der Waals surface area contributed by atoms with Gasteiger partial charge in [0.2, 0.25) is 0 Å². The van der Waals surface area contributed by atoms with E-state index in [1.807, 2.05) is 0 Å². The van der Waals surface area contributed by atoms with E-state index in [9.17, 15) is 0 Å². The minimum atomic E-state index is 0.421. The molecule has 0 aromatic heterocycles. The highest BCUT2D eigenvalue weighted by Gasteiger charge is 1.96. The fraction of sp³-hybridized carbons (Fsp3) is 1.00. The molecule has 0 fully saturated rings. The van der Waals surface area contributed by atoms with Gasteiger partial charge in [0.15, 0.2) is 0 Å². The molecule has 2 heteroatoms. The molecule has 1 nitrogen and oxygen atoms in total. The van der Waals surface area contributed by atoms with Crippen LogP contribution in [0, 0.1) is 0 Å². The van der Waals surface area contributed by atoms with Crippen molar-refractivity contribution >= 4 is 12.6 Å². The lowest BCUT2D eigenvalue weighted by molar-refractivity contribution is 0.564. The van der Waals surface area contributed by atoms with Crippen LogP contribution < -0.4 is 5.73 Å². The fourth-order valence-electron chi connectivity index (χ4n) is 0.722. The first-order chi connectivity index (χ1) is 4.31. The minimum absolute atomic E-state index is 0.421. The monoisotopic (exact) mass is 147 g/mol. The van der Waals surface area contributed by atoms with E-state index in [0.717, 1.165) is 18.6 Å². The second-order valence-electron chi connectivity index (χ2n) is 2.39. The lowest BCUT2D eigenvalue weighted by atomic mass is 10.1. The molecule has 0 heterocycles. The van der Waals surface area contributed by atoms with Crippen molar-refractivity contribution in [1.29, 1.82) is 0 Å². The normalized spacial score (nSPS) is 13.7. The molecular weight excluding hydrogens is 130 g/mol. The summed E-state index contributed by atoms with van der Waals surface area (Å²) in [4.78, 5) is 0. The molecule has 1 unspecified atom stereocenters. The molecule has 0 bridgehead atoms. The number of thiol groups is 1. The van der Waals surface area contributed by atoms with Crippen molar-refractivity contribution in [2.75, 3.05) is 5.75 Å². The Labute approximate surface area is 63.4 Å². The van der Waals surface area contributed by atoms with Gasteiger partial charge < -0.3 is 5.73 Å². The van der Waals surface area contributed by atoms with Crippen molar-refractivity contribution < 1.29 is 0 Å². The van der Waals surface area contributed by atoms with E-state index in [1.54, 1.807) is 0 Å². The second-order valence-corrected chi connectivity index (χ2v) is 2.83. The van der Waals surface area contributed by atoms with Crippen molar-refractivity contribution in [3.05, 3.63) is 0 Å². The van der Waals surface area contributed by atoms with E-state index >= 15 is 0 Å². The van der Waals surface area contributed by atoms with E-state index in [-0.39, 0.29) is 0 Å². The number of rotatable bonds is 5. The Morgan fingerprint density at radius 3 is 2.56 bits per heavy atom. The lowest BCUT2D eigenvalue weighted by Gasteiger charge is -2.05. The van der Waals surface area contributed by atoms with Gasteiger partial charge in [-0.1, -0.05) is 13.3 Å². The Bertz CT molecular complexity index is 56.9. The number of nitrogens with two attached hydrogens (primary N) is 1. The topological polar surface area (TPSA) is 26.0 Å². The summed E-state index contributed by atoms with van der Waals surface area (Å²) in [5.74, 6) is 0.996. The van der Waals surface area contributed by atoms with Crippen molar-refractivity contribution in [2.45, 2.75) is 38.6 Å². The molecule has 0 spiro atoms. The molecule has 56 valence electrons. The molecule has 0 aliphatic rings. The van der Waals surface area contributed by atoms with E-state index in [0.29, 0.717) is 6.04 Å². The third kappa shape index (κ3) is 6.19. The standard InChI is InChI=1S/C7H17NS/c1-2-7(8)5-3-4-6-9/h7,9H,2-6,8H2,1H3. The van der Waals surface area contributed by atoms with Gasteiger partial charge in [-0.05, 0) is 25.0 Å². The molecule has 0 radical (unpaired) electrons. The molecule has 2 N–H and O–H groups in total. The maximum atomic E-state index is 5.69. The maximum Gasteiger partial charge on any atom is 0.00362 e. The third-order valence-electron chi connectivity index (χ3n) is 1.51. The summed E-state index contributed by atoms with van der Waals surface area (Å²) < 4.78 is 0. The van der Waals surface area contributed by atoms with Gasteiger partial charge in [0.1, 0.15) is 0 Å². The number of hydrogen-bond acceptors (Lipinski definition) is 2. The average Bonchev–Trinajstić information content (AvgIpc) is 1.89. The van der Waals surface area contributed by atoms with Crippen LogP contribution in [0.2, 0.25) is 0 Å². The molecule has 1 atom stereocenters. The Kier molecular flexibility index (Phi) is 6.65. The first-order valence-corrected chi connectivity index (χ1v) is 4.31. The molecule has 0 amide bonds. The minimum Gasteiger partial charge on any atom is -0.328 e. The zero-order valence-corrected chi connectivity index (χ0v) is 7.03. The number of hydrogen-bond donors (Lipinski definition) is 2. The van der Waals surface area contributed by atoms with E-state index < -0.39 is 0 Å². The summed E-state index contributed by atoms with van der Waals surface area (Å²) in [7, 11) is 0. The summed E-state index contributed by atoms with van der Waals surface area (Å²) in [5, 5.41) is 0. The Morgan fingerprint density at radius 1 is 1.44 bits per heavy atom. The molecule has 0 saturated carbocycles. The van der Waals surface area contributed by atoms with Crippen LogP contribution >= 0.6 is 12.6 Å². The first kappa shape index (κ1) is 9.31. The summed E-state index contributed by atoms with van der Waals surface area (Å²) in [6.45, 7) is 2.13. The summed E-state index contributed by atoms with van der Waals surface area (Å²) >= 11 is 4.11. The molecule has 0 saturated heterocycles. The largest absolute Gasteiger partial charge is 0.328 e. The van der Waals surface area contributed by atoms with Gasteiger partial charge in [0, 0.05) is 6.04 Å². The predicted octanol–water partition coefficient (Wildman–Crippen LogP) is 1.82. The second kappa shape index (κ2) is 6.43. The Balaban J connectivity index is 2.88. The van der Waals surface area contributed by atoms with Crippen molar-refractivity contribution in [3.8, 4) is 0 Å². The predicted molar refractivity (Wildman–Crippen MR) is 46.0 cm³/mol. The zero-order valence-electron chi connectivity index (χ0n) is 6.14. The van der Waals surface area contributed by atoms with Gasteiger partial charge in [0.05, 0.1) is 0 Å². The lowest BCUT2D eigenvalue weighted by Crippen LogP contribution is -2.17. The highest BCUT2D eigenvalue weighted by molar-refractivity contribution is 7.80. The third-order valence-corrected chi connectivity index (χ3v) is 1.82. The summed E-state index contributed by atoms with van der Waals surface area (Å²) in [6.07, 6.45) is 4.71. The van der Waals surface area contributed by atoms with E-state index in [1.165, 1.54) is 12.8 Å². The van der Waals surface area contributed by atoms with Crippen LogP contribution in [0.25, 0.3) is 0 Å². The smallest absolute Gasteiger partial charge is 0.00362 e. The van der Waals surface area contributed by atoms with Gasteiger partial charge in [-0.3, -0.25) is 0 Å². The van der Waals surface area contributed by atoms with Crippen LogP contribution in [0.15, 0.2) is 0 Å². The van der Waals surface area contributed by atoms with Crippen LogP contribution in [0.4, 0.5) is 0 Å². The highest BCUT2D eigenvalue weighted by atomic mass is 32.1. The molecule has 0 aliphatic carbocycles. The fourth-order valence-corrected chi connectivity index (χ4v) is 0.946. The summed E-state index contributed by atoms with van der Waals surface area (Å²) in [5.41, 5.74) is 5.69. The van der Waals surface area contributed by atoms with Gasteiger partial charge in [0.25, 0.3) is 0 Å². The average molecular weight is 147 g/mol. The zero-order chi connectivity index (χ0) is 7.11. The van der Waals surface area contributed by atoms with Gasteiger partial charge in [-0.15, -0.1) is 0 Å². The molecular formula is C7H17NS. The van der Waals surface area contributed by atoms with Crippen LogP contribution in [-0.2, 0) is 0 Å². The first-order valence-electron chi connectivity index (χ1n) is 3.67. The van der Waals surface area contributed by atoms with E-state index in [2.05, 4.69) is 19.6 Å². The van der Waals surface area contributed by atoms with Crippen LogP contribution in [0.1, 0.15) is 32.6 Å². The van der Waals surface area contributed by atoms with Crippen molar-refractivity contribution in [1.82, 2.24) is 0 Å². The van der Waals surface area contributed by atoms with Crippen LogP contribution in [-0.4, -0.2) is 11.8 Å². The van der Waals surface area contributed by atoms with Crippen LogP contribution in [0.5, 0.6) is 0 Å². The molecule has 0 aliphatic heterocycles. The van der Waals surface area contributed by atoms with Gasteiger partial charge in [-0.25, -0.2) is 0 Å². The Hall–Kier alpha value is 0.310. The van der Waals surface area contributed by atoms with Crippen LogP contribution in [0.3, 0.4) is 0 Å². The van der Waals surface area contributed by atoms with Gasteiger partial charge in [-0.2, -0.15) is 12.6 Å². The quantitative estimate of drug-likeness (QED) is 0.450. The summed E-state index contributed by atoms with van der Waals surface area (Å²) in [6, 6.07) is 0.421. The van der Waals surface area contributed by atoms with Crippen molar-refractivity contribution in [2.24, 2.45) is 5.73 Å². The van der Waals surface area contributed by atoms with Gasteiger partial charge >= 0.3 is 0 Å². The molecule has 0 aromatic carbocycles. The SMILES string of the molecule is CCC(N)CCCCS. The van der Waals surface area contributed by atoms with Crippen molar-refractivity contribution in [3.63, 3.8) is 0 Å². The van der Waals surface area contributed by atoms with E-state index in [4.69, 9.17) is 5.73 Å². The molecule has 0 rings (SSSR count). The Morgan fingerprint density at radius 2 is 2.11 bits per heavy atom. The maximum absolute atomic E-state index is 5.69. The highest BCUT2D eigenvalue weighted by Crippen LogP contribution is 2.01.